The van der Waals surface area contributed by atoms with Gasteiger partial charge in [-0.3, -0.25) is 4.98 Å². The zero-order chi connectivity index (χ0) is 9.68. The van der Waals surface area contributed by atoms with Crippen LogP contribution in [0, 0.1) is 5.92 Å². The third kappa shape index (κ3) is 3.17. The second-order valence-corrected chi connectivity index (χ2v) is 3.93. The summed E-state index contributed by atoms with van der Waals surface area (Å²) < 4.78 is 0. The second kappa shape index (κ2) is 5.00. The van der Waals surface area contributed by atoms with Crippen LogP contribution in [0.5, 0.6) is 0 Å². The van der Waals surface area contributed by atoms with Crippen LogP contribution in [-0.4, -0.2) is 4.98 Å². The minimum Gasteiger partial charge on any atom is -0.265 e. The third-order valence-corrected chi connectivity index (χ3v) is 2.73. The van der Waals surface area contributed by atoms with Gasteiger partial charge < -0.3 is 0 Å². The minimum absolute atomic E-state index is 0.665. The van der Waals surface area contributed by atoms with Crippen molar-refractivity contribution >= 4 is 0 Å². The van der Waals surface area contributed by atoms with Crippen LogP contribution in [-0.2, 0) is 0 Å². The molecule has 0 fully saturated rings. The van der Waals surface area contributed by atoms with Crippen molar-refractivity contribution in [2.45, 2.75) is 39.5 Å². The fraction of sp³-hybridized carbons (Fsp3) is 0.583. The maximum absolute atomic E-state index is 4.03. The normalized spacial score (nSPS) is 15.3. The zero-order valence-corrected chi connectivity index (χ0v) is 8.83. The summed E-state index contributed by atoms with van der Waals surface area (Å²) in [5.74, 6) is 1.49. The fourth-order valence-corrected chi connectivity index (χ4v) is 1.60. The summed E-state index contributed by atoms with van der Waals surface area (Å²) in [5.41, 5.74) is 1.41. The summed E-state index contributed by atoms with van der Waals surface area (Å²) >= 11 is 0. The van der Waals surface area contributed by atoms with Gasteiger partial charge in [-0.05, 0) is 36.0 Å². The van der Waals surface area contributed by atoms with Crippen LogP contribution in [0.3, 0.4) is 0 Å². The maximum atomic E-state index is 4.03. The lowest BCUT2D eigenvalue weighted by Crippen LogP contribution is -2.00. The highest BCUT2D eigenvalue weighted by Crippen LogP contribution is 2.23. The average Bonchev–Trinajstić information content (AvgIpc) is 2.19. The Kier molecular flexibility index (Phi) is 3.94. The van der Waals surface area contributed by atoms with Gasteiger partial charge in [0, 0.05) is 12.4 Å². The Morgan fingerprint density at radius 2 is 1.85 bits per heavy atom. The monoisotopic (exact) mass is 177 g/mol. The number of rotatable bonds is 4. The Morgan fingerprint density at radius 1 is 1.23 bits per heavy atom. The molecule has 1 aromatic rings. The van der Waals surface area contributed by atoms with Crippen molar-refractivity contribution in [1.29, 1.82) is 0 Å². The first kappa shape index (κ1) is 10.2. The molecule has 0 saturated heterocycles. The summed E-state index contributed by atoms with van der Waals surface area (Å²) in [7, 11) is 0. The molecule has 1 rings (SSSR count). The van der Waals surface area contributed by atoms with E-state index < -0.39 is 0 Å². The Hall–Kier alpha value is -0.850. The first-order chi connectivity index (χ1) is 6.24. The smallest absolute Gasteiger partial charge is 0.0270 e. The first-order valence-electron chi connectivity index (χ1n) is 5.14. The van der Waals surface area contributed by atoms with Crippen molar-refractivity contribution in [2.24, 2.45) is 5.92 Å². The largest absolute Gasteiger partial charge is 0.265 e. The van der Waals surface area contributed by atoms with Gasteiger partial charge in [0.15, 0.2) is 0 Å². The van der Waals surface area contributed by atoms with Crippen LogP contribution in [0.1, 0.15) is 45.1 Å². The molecule has 0 aliphatic carbocycles. The summed E-state index contributed by atoms with van der Waals surface area (Å²) in [6.07, 6.45) is 6.31. The number of hydrogen-bond donors (Lipinski definition) is 0. The SMILES string of the molecule is CC[C@H](C)C[C@H](C)c1ccncc1. The average molecular weight is 177 g/mol. The number of nitrogens with zero attached hydrogens (tertiary/aromatic N) is 1. The van der Waals surface area contributed by atoms with E-state index in [0.29, 0.717) is 5.92 Å². The summed E-state index contributed by atoms with van der Waals surface area (Å²) in [6.45, 7) is 6.86. The van der Waals surface area contributed by atoms with Crippen molar-refractivity contribution in [1.82, 2.24) is 4.98 Å². The van der Waals surface area contributed by atoms with Crippen LogP contribution in [0.2, 0.25) is 0 Å². The van der Waals surface area contributed by atoms with Gasteiger partial charge in [-0.25, -0.2) is 0 Å². The van der Waals surface area contributed by atoms with Gasteiger partial charge in [0.2, 0.25) is 0 Å². The highest BCUT2D eigenvalue weighted by molar-refractivity contribution is 5.14. The molecule has 72 valence electrons. The van der Waals surface area contributed by atoms with Crippen molar-refractivity contribution < 1.29 is 0 Å². The van der Waals surface area contributed by atoms with Crippen molar-refractivity contribution in [3.8, 4) is 0 Å². The molecule has 1 heterocycles. The van der Waals surface area contributed by atoms with Gasteiger partial charge in [-0.1, -0.05) is 27.2 Å². The molecule has 0 saturated carbocycles. The van der Waals surface area contributed by atoms with Crippen molar-refractivity contribution in [2.75, 3.05) is 0 Å². The number of hydrogen-bond acceptors (Lipinski definition) is 1. The predicted octanol–water partition coefficient (Wildman–Crippen LogP) is 3.62. The molecule has 2 atom stereocenters. The van der Waals surface area contributed by atoms with E-state index in [4.69, 9.17) is 0 Å². The van der Waals surface area contributed by atoms with E-state index in [1.54, 1.807) is 0 Å². The van der Waals surface area contributed by atoms with Crippen LogP contribution in [0.15, 0.2) is 24.5 Å². The molecule has 0 amide bonds. The van der Waals surface area contributed by atoms with E-state index in [1.165, 1.54) is 18.4 Å². The van der Waals surface area contributed by atoms with Crippen molar-refractivity contribution in [3.63, 3.8) is 0 Å². The van der Waals surface area contributed by atoms with E-state index in [-0.39, 0.29) is 0 Å². The molecule has 0 N–H and O–H groups in total. The molecule has 0 unspecified atom stereocenters. The highest BCUT2D eigenvalue weighted by Gasteiger charge is 2.08. The van der Waals surface area contributed by atoms with Crippen LogP contribution < -0.4 is 0 Å². The Balaban J connectivity index is 2.53. The highest BCUT2D eigenvalue weighted by atomic mass is 14.6. The van der Waals surface area contributed by atoms with Gasteiger partial charge in [0.1, 0.15) is 0 Å². The fourth-order valence-electron chi connectivity index (χ4n) is 1.60. The lowest BCUT2D eigenvalue weighted by atomic mass is 9.90. The molecular weight excluding hydrogens is 158 g/mol. The third-order valence-electron chi connectivity index (χ3n) is 2.73. The summed E-state index contributed by atoms with van der Waals surface area (Å²) in [6, 6.07) is 4.24. The van der Waals surface area contributed by atoms with E-state index in [2.05, 4.69) is 37.9 Å². The Morgan fingerprint density at radius 3 is 2.38 bits per heavy atom. The lowest BCUT2D eigenvalue weighted by Gasteiger charge is -2.15. The van der Waals surface area contributed by atoms with E-state index >= 15 is 0 Å². The molecule has 1 heteroatoms. The Labute approximate surface area is 81.2 Å². The number of aromatic nitrogens is 1. The van der Waals surface area contributed by atoms with Crippen LogP contribution in [0.25, 0.3) is 0 Å². The standard InChI is InChI=1S/C12H19N/c1-4-10(2)9-11(3)12-5-7-13-8-6-12/h5-8,10-11H,4,9H2,1-3H3/t10-,11-/m0/s1. The molecule has 0 radical (unpaired) electrons. The van der Waals surface area contributed by atoms with E-state index in [1.807, 2.05) is 12.4 Å². The van der Waals surface area contributed by atoms with Gasteiger partial charge >= 0.3 is 0 Å². The Bertz CT molecular complexity index is 230. The molecule has 0 bridgehead atoms. The van der Waals surface area contributed by atoms with Gasteiger partial charge in [0.05, 0.1) is 0 Å². The quantitative estimate of drug-likeness (QED) is 0.684. The lowest BCUT2D eigenvalue weighted by molar-refractivity contribution is 0.471. The molecular formula is C12H19N. The summed E-state index contributed by atoms with van der Waals surface area (Å²) in [4.78, 5) is 4.03. The molecule has 1 aromatic heterocycles. The predicted molar refractivity (Wildman–Crippen MR) is 56.7 cm³/mol. The van der Waals surface area contributed by atoms with Gasteiger partial charge in [0.25, 0.3) is 0 Å². The van der Waals surface area contributed by atoms with Crippen LogP contribution >= 0.6 is 0 Å². The van der Waals surface area contributed by atoms with Crippen LogP contribution in [0.4, 0.5) is 0 Å². The molecule has 1 nitrogen and oxygen atoms in total. The number of pyridine rings is 1. The molecule has 0 aromatic carbocycles. The van der Waals surface area contributed by atoms with Gasteiger partial charge in [-0.2, -0.15) is 0 Å². The molecule has 0 aliphatic rings. The van der Waals surface area contributed by atoms with Gasteiger partial charge in [-0.15, -0.1) is 0 Å². The second-order valence-electron chi connectivity index (χ2n) is 3.93. The first-order valence-corrected chi connectivity index (χ1v) is 5.14. The van der Waals surface area contributed by atoms with Crippen molar-refractivity contribution in [3.05, 3.63) is 30.1 Å². The van der Waals surface area contributed by atoms with E-state index in [0.717, 1.165) is 5.92 Å². The molecule has 0 spiro atoms. The topological polar surface area (TPSA) is 12.9 Å². The van der Waals surface area contributed by atoms with E-state index in [9.17, 15) is 0 Å². The minimum atomic E-state index is 0.665. The molecule has 13 heavy (non-hydrogen) atoms. The zero-order valence-electron chi connectivity index (χ0n) is 8.83. The maximum Gasteiger partial charge on any atom is 0.0270 e. The summed E-state index contributed by atoms with van der Waals surface area (Å²) in [5, 5.41) is 0. The molecule has 0 aliphatic heterocycles.